The van der Waals surface area contributed by atoms with E-state index >= 15 is 0 Å². The second-order valence-corrected chi connectivity index (χ2v) is 6.78. The van der Waals surface area contributed by atoms with Crippen LogP contribution in [0, 0.1) is 6.92 Å². The molecule has 0 spiro atoms. The minimum Gasteiger partial charge on any atom is -0.493 e. The van der Waals surface area contributed by atoms with Crippen LogP contribution in [0.3, 0.4) is 0 Å². The van der Waals surface area contributed by atoms with Crippen LogP contribution in [0.1, 0.15) is 35.7 Å². The number of rotatable bonds is 7. The molecule has 0 radical (unpaired) electrons. The van der Waals surface area contributed by atoms with E-state index in [-0.39, 0.29) is 18.6 Å². The SMILES string of the molecule is COc1cc(-c2cc(C(=O)NC3CC3)ccc2C)cnc1NC(C)CO. The van der Waals surface area contributed by atoms with E-state index in [0.29, 0.717) is 23.2 Å². The third-order valence-electron chi connectivity index (χ3n) is 4.45. The zero-order valence-electron chi connectivity index (χ0n) is 15.4. The molecule has 1 atom stereocenters. The summed E-state index contributed by atoms with van der Waals surface area (Å²) in [5.74, 6) is 1.14. The number of aliphatic hydroxyl groups is 1. The zero-order chi connectivity index (χ0) is 18.7. The average molecular weight is 355 g/mol. The Bertz CT molecular complexity index is 803. The summed E-state index contributed by atoms with van der Waals surface area (Å²) in [6.45, 7) is 3.87. The maximum absolute atomic E-state index is 12.3. The number of hydrogen-bond donors (Lipinski definition) is 3. The highest BCUT2D eigenvalue weighted by Gasteiger charge is 2.24. The normalized spacial score (nSPS) is 14.6. The number of methoxy groups -OCH3 is 1. The smallest absolute Gasteiger partial charge is 0.251 e. The predicted molar refractivity (Wildman–Crippen MR) is 102 cm³/mol. The van der Waals surface area contributed by atoms with Crippen LogP contribution in [-0.2, 0) is 0 Å². The number of ether oxygens (including phenoxy) is 1. The molecule has 3 N–H and O–H groups in total. The third-order valence-corrected chi connectivity index (χ3v) is 4.45. The number of amides is 1. The summed E-state index contributed by atoms with van der Waals surface area (Å²) in [5, 5.41) is 15.3. The number of pyridine rings is 1. The van der Waals surface area contributed by atoms with Crippen molar-refractivity contribution in [3.8, 4) is 16.9 Å². The Morgan fingerprint density at radius 2 is 2.15 bits per heavy atom. The van der Waals surface area contributed by atoms with Gasteiger partial charge in [0.25, 0.3) is 5.91 Å². The van der Waals surface area contributed by atoms with Crippen LogP contribution >= 0.6 is 0 Å². The highest BCUT2D eigenvalue weighted by atomic mass is 16.5. The molecule has 0 aliphatic heterocycles. The highest BCUT2D eigenvalue weighted by molar-refractivity contribution is 5.96. The fourth-order valence-corrected chi connectivity index (χ4v) is 2.71. The molecule has 26 heavy (non-hydrogen) atoms. The van der Waals surface area contributed by atoms with E-state index in [9.17, 15) is 9.90 Å². The van der Waals surface area contributed by atoms with Gasteiger partial charge in [-0.2, -0.15) is 0 Å². The molecule has 1 saturated carbocycles. The van der Waals surface area contributed by atoms with Gasteiger partial charge in [0.1, 0.15) is 0 Å². The van der Waals surface area contributed by atoms with Crippen LogP contribution in [0.25, 0.3) is 11.1 Å². The van der Waals surface area contributed by atoms with Gasteiger partial charge in [0.05, 0.1) is 13.7 Å². The van der Waals surface area contributed by atoms with Gasteiger partial charge in [0.15, 0.2) is 11.6 Å². The molecular weight excluding hydrogens is 330 g/mol. The van der Waals surface area contributed by atoms with Gasteiger partial charge in [-0.1, -0.05) is 6.07 Å². The summed E-state index contributed by atoms with van der Waals surface area (Å²) in [4.78, 5) is 16.8. The lowest BCUT2D eigenvalue weighted by atomic mass is 9.98. The van der Waals surface area contributed by atoms with Crippen molar-refractivity contribution in [2.24, 2.45) is 0 Å². The average Bonchev–Trinajstić information content (AvgIpc) is 3.46. The summed E-state index contributed by atoms with van der Waals surface area (Å²) < 4.78 is 5.45. The molecule has 1 aliphatic rings. The number of aliphatic hydroxyl groups excluding tert-OH is 1. The number of aromatic nitrogens is 1. The van der Waals surface area contributed by atoms with Gasteiger partial charge < -0.3 is 20.5 Å². The van der Waals surface area contributed by atoms with E-state index in [1.165, 1.54) is 0 Å². The number of nitrogens with one attached hydrogen (secondary N) is 2. The van der Waals surface area contributed by atoms with Crippen molar-refractivity contribution in [1.29, 1.82) is 0 Å². The molecule has 1 aliphatic carbocycles. The summed E-state index contributed by atoms with van der Waals surface area (Å²) in [6.07, 6.45) is 3.87. The first-order chi connectivity index (χ1) is 12.5. The van der Waals surface area contributed by atoms with Crippen molar-refractivity contribution in [2.75, 3.05) is 19.0 Å². The van der Waals surface area contributed by atoms with Gasteiger partial charge in [-0.25, -0.2) is 4.98 Å². The number of hydrogen-bond acceptors (Lipinski definition) is 5. The Kier molecular flexibility index (Phi) is 5.42. The molecule has 1 fully saturated rings. The first kappa shape index (κ1) is 18.2. The summed E-state index contributed by atoms with van der Waals surface area (Å²) in [7, 11) is 1.59. The molecule has 1 aromatic carbocycles. The quantitative estimate of drug-likeness (QED) is 0.711. The Labute approximate surface area is 153 Å². The van der Waals surface area contributed by atoms with Crippen LogP contribution in [0.5, 0.6) is 5.75 Å². The van der Waals surface area contributed by atoms with Gasteiger partial charge >= 0.3 is 0 Å². The van der Waals surface area contributed by atoms with Crippen molar-refractivity contribution >= 4 is 11.7 Å². The number of benzene rings is 1. The van der Waals surface area contributed by atoms with Crippen LogP contribution in [-0.4, -0.2) is 41.8 Å². The third kappa shape index (κ3) is 4.14. The summed E-state index contributed by atoms with van der Waals surface area (Å²) >= 11 is 0. The minimum absolute atomic E-state index is 0.00381. The fraction of sp³-hybridized carbons (Fsp3) is 0.400. The second-order valence-electron chi connectivity index (χ2n) is 6.78. The number of anilines is 1. The highest BCUT2D eigenvalue weighted by Crippen LogP contribution is 2.31. The summed E-state index contributed by atoms with van der Waals surface area (Å²) in [6, 6.07) is 7.78. The standard InChI is InChI=1S/C20H25N3O3/c1-12-4-5-14(20(25)23-16-6-7-16)8-17(12)15-9-18(26-3)19(21-10-15)22-13(2)11-24/h4-5,8-10,13,16,24H,6-7,11H2,1-3H3,(H,21,22)(H,23,25). The second kappa shape index (κ2) is 7.74. The molecule has 1 aromatic heterocycles. The van der Waals surface area contributed by atoms with E-state index in [2.05, 4.69) is 15.6 Å². The first-order valence-corrected chi connectivity index (χ1v) is 8.85. The minimum atomic E-state index is -0.126. The molecule has 138 valence electrons. The van der Waals surface area contributed by atoms with E-state index in [0.717, 1.165) is 29.5 Å². The lowest BCUT2D eigenvalue weighted by molar-refractivity contribution is 0.0951. The van der Waals surface area contributed by atoms with E-state index < -0.39 is 0 Å². The van der Waals surface area contributed by atoms with Crippen molar-refractivity contribution in [2.45, 2.75) is 38.8 Å². The molecule has 0 saturated heterocycles. The molecular formula is C20H25N3O3. The first-order valence-electron chi connectivity index (χ1n) is 8.85. The number of carbonyl (C=O) groups excluding carboxylic acids is 1. The van der Waals surface area contributed by atoms with E-state index in [4.69, 9.17) is 4.74 Å². The Hall–Kier alpha value is -2.60. The van der Waals surface area contributed by atoms with Crippen LogP contribution in [0.15, 0.2) is 30.5 Å². The van der Waals surface area contributed by atoms with E-state index in [1.807, 2.05) is 38.1 Å². The number of carbonyl (C=O) groups is 1. The molecule has 1 unspecified atom stereocenters. The van der Waals surface area contributed by atoms with E-state index in [1.54, 1.807) is 13.3 Å². The number of aryl methyl sites for hydroxylation is 1. The molecule has 2 aromatic rings. The number of nitrogens with zero attached hydrogens (tertiary/aromatic N) is 1. The van der Waals surface area contributed by atoms with Gasteiger partial charge in [-0.3, -0.25) is 4.79 Å². The Morgan fingerprint density at radius 1 is 1.38 bits per heavy atom. The maximum Gasteiger partial charge on any atom is 0.251 e. The zero-order valence-corrected chi connectivity index (χ0v) is 15.4. The summed E-state index contributed by atoms with van der Waals surface area (Å²) in [5.41, 5.74) is 3.53. The van der Waals surface area contributed by atoms with Crippen molar-refractivity contribution in [3.05, 3.63) is 41.6 Å². The van der Waals surface area contributed by atoms with Crippen LogP contribution < -0.4 is 15.4 Å². The molecule has 6 nitrogen and oxygen atoms in total. The Morgan fingerprint density at radius 3 is 2.81 bits per heavy atom. The van der Waals surface area contributed by atoms with Gasteiger partial charge in [-0.15, -0.1) is 0 Å². The van der Waals surface area contributed by atoms with Crippen molar-refractivity contribution in [3.63, 3.8) is 0 Å². The van der Waals surface area contributed by atoms with Crippen LogP contribution in [0.2, 0.25) is 0 Å². The largest absolute Gasteiger partial charge is 0.493 e. The molecule has 6 heteroatoms. The lowest BCUT2D eigenvalue weighted by Crippen LogP contribution is -2.25. The van der Waals surface area contributed by atoms with Gasteiger partial charge in [0.2, 0.25) is 0 Å². The molecule has 0 bridgehead atoms. The fourth-order valence-electron chi connectivity index (χ4n) is 2.71. The predicted octanol–water partition coefficient (Wildman–Crippen LogP) is 2.75. The van der Waals surface area contributed by atoms with Crippen molar-refractivity contribution < 1.29 is 14.6 Å². The van der Waals surface area contributed by atoms with Gasteiger partial charge in [0, 0.05) is 29.4 Å². The molecule has 1 amide bonds. The van der Waals surface area contributed by atoms with Gasteiger partial charge in [-0.05, 0) is 56.0 Å². The Balaban J connectivity index is 1.90. The monoisotopic (exact) mass is 355 g/mol. The topological polar surface area (TPSA) is 83.5 Å². The molecule has 3 rings (SSSR count). The van der Waals surface area contributed by atoms with Crippen molar-refractivity contribution in [1.82, 2.24) is 10.3 Å². The van der Waals surface area contributed by atoms with Crippen LogP contribution in [0.4, 0.5) is 5.82 Å². The molecule has 1 heterocycles. The maximum atomic E-state index is 12.3. The lowest BCUT2D eigenvalue weighted by Gasteiger charge is -2.16.